The van der Waals surface area contributed by atoms with Crippen LogP contribution < -0.4 is 26.3 Å². The molecule has 1 fully saturated rings. The number of hydrogen-bond acceptors (Lipinski definition) is 7. The lowest BCUT2D eigenvalue weighted by Gasteiger charge is -2.17. The highest BCUT2D eigenvalue weighted by atomic mass is 19.1. The van der Waals surface area contributed by atoms with Crippen LogP contribution in [-0.4, -0.2) is 53.8 Å². The smallest absolute Gasteiger partial charge is 0.231 e. The minimum Gasteiger partial charge on any atom is -0.454 e. The number of benzene rings is 2. The van der Waals surface area contributed by atoms with E-state index in [0.29, 0.717) is 52.7 Å². The summed E-state index contributed by atoms with van der Waals surface area (Å²) >= 11 is 0. The summed E-state index contributed by atoms with van der Waals surface area (Å²) < 4.78 is 25.3. The molecule has 0 spiro atoms. The van der Waals surface area contributed by atoms with Crippen LogP contribution in [-0.2, 0) is 6.42 Å². The molecule has 2 aliphatic rings. The molecule has 33 heavy (non-hydrogen) atoms. The Bertz CT molecular complexity index is 1210. The van der Waals surface area contributed by atoms with Gasteiger partial charge in [0.15, 0.2) is 23.3 Å². The van der Waals surface area contributed by atoms with E-state index in [9.17, 15) is 4.39 Å². The van der Waals surface area contributed by atoms with Crippen molar-refractivity contribution in [1.82, 2.24) is 14.9 Å². The maximum atomic E-state index is 14.5. The highest BCUT2D eigenvalue weighted by Gasteiger charge is 2.17. The summed E-state index contributed by atoms with van der Waals surface area (Å²) in [5.41, 5.74) is 13.3. The molecule has 2 aliphatic heterocycles. The fourth-order valence-corrected chi connectivity index (χ4v) is 4.27. The largest absolute Gasteiger partial charge is 0.454 e. The second kappa shape index (κ2) is 9.07. The topological polar surface area (TPSA) is 124 Å². The Morgan fingerprint density at radius 1 is 1.09 bits per heavy atom. The molecule has 1 aromatic heterocycles. The van der Waals surface area contributed by atoms with Crippen molar-refractivity contribution in [1.29, 1.82) is 0 Å². The predicted molar refractivity (Wildman–Crippen MR) is 125 cm³/mol. The van der Waals surface area contributed by atoms with Crippen LogP contribution >= 0.6 is 0 Å². The Balaban J connectivity index is 1.48. The van der Waals surface area contributed by atoms with Crippen molar-refractivity contribution in [3.8, 4) is 11.5 Å². The second-order valence-corrected chi connectivity index (χ2v) is 8.19. The first kappa shape index (κ1) is 21.2. The van der Waals surface area contributed by atoms with Gasteiger partial charge in [0.1, 0.15) is 11.6 Å². The maximum absolute atomic E-state index is 14.5. The summed E-state index contributed by atoms with van der Waals surface area (Å²) in [6.07, 6.45) is 2.84. The number of halogens is 1. The number of rotatable bonds is 7. The molecule has 0 amide bonds. The number of anilines is 1. The van der Waals surface area contributed by atoms with E-state index < -0.39 is 5.82 Å². The number of guanidine groups is 1. The third-order valence-corrected chi connectivity index (χ3v) is 5.77. The van der Waals surface area contributed by atoms with Crippen molar-refractivity contribution in [2.75, 3.05) is 38.3 Å². The van der Waals surface area contributed by atoms with E-state index in [4.69, 9.17) is 20.9 Å². The Morgan fingerprint density at radius 2 is 1.91 bits per heavy atom. The predicted octanol–water partition coefficient (Wildman–Crippen LogP) is 2.50. The first-order valence-electron chi connectivity index (χ1n) is 11.0. The van der Waals surface area contributed by atoms with Crippen molar-refractivity contribution in [3.63, 3.8) is 0 Å². The first-order chi connectivity index (χ1) is 16.0. The van der Waals surface area contributed by atoms with Crippen molar-refractivity contribution < 1.29 is 13.9 Å². The molecule has 0 aliphatic carbocycles. The van der Waals surface area contributed by atoms with Crippen LogP contribution in [0.4, 0.5) is 15.9 Å². The fourth-order valence-electron chi connectivity index (χ4n) is 4.27. The summed E-state index contributed by atoms with van der Waals surface area (Å²) in [5, 5.41) is 3.91. The van der Waals surface area contributed by atoms with Gasteiger partial charge in [-0.1, -0.05) is 6.07 Å². The first-order valence-corrected chi connectivity index (χ1v) is 11.0. The maximum Gasteiger partial charge on any atom is 0.231 e. The lowest BCUT2D eigenvalue weighted by atomic mass is 10.1. The minimum absolute atomic E-state index is 0.128. The van der Waals surface area contributed by atoms with Gasteiger partial charge in [0, 0.05) is 25.6 Å². The molecule has 3 heterocycles. The molecule has 0 radical (unpaired) electrons. The third kappa shape index (κ3) is 4.75. The van der Waals surface area contributed by atoms with E-state index in [-0.39, 0.29) is 12.8 Å². The van der Waals surface area contributed by atoms with Gasteiger partial charge in [0.2, 0.25) is 6.79 Å². The van der Waals surface area contributed by atoms with Crippen LogP contribution in [0.5, 0.6) is 11.5 Å². The monoisotopic (exact) mass is 451 g/mol. The molecule has 0 bridgehead atoms. The summed E-state index contributed by atoms with van der Waals surface area (Å²) in [6.45, 7) is 3.93. The van der Waals surface area contributed by atoms with Crippen LogP contribution in [0.2, 0.25) is 0 Å². The number of nitrogens with zero attached hydrogens (tertiary/aromatic N) is 4. The molecule has 172 valence electrons. The summed E-state index contributed by atoms with van der Waals surface area (Å²) in [7, 11) is 0. The number of fused-ring (bicyclic) bond motifs is 2. The van der Waals surface area contributed by atoms with Crippen molar-refractivity contribution in [2.45, 2.75) is 19.3 Å². The molecular formula is C23H26FN7O2. The van der Waals surface area contributed by atoms with Gasteiger partial charge in [-0.05, 0) is 49.7 Å². The molecule has 0 unspecified atom stereocenters. The molecule has 1 saturated heterocycles. The number of hydrogen-bond donors (Lipinski definition) is 3. The van der Waals surface area contributed by atoms with Gasteiger partial charge in [-0.2, -0.15) is 4.99 Å². The number of nitrogens with one attached hydrogen (secondary N) is 1. The van der Waals surface area contributed by atoms with Gasteiger partial charge in [-0.3, -0.25) is 0 Å². The van der Waals surface area contributed by atoms with Crippen molar-refractivity contribution in [3.05, 3.63) is 47.5 Å². The molecule has 0 saturated carbocycles. The normalized spacial score (nSPS) is 15.2. The van der Waals surface area contributed by atoms with Crippen molar-refractivity contribution >= 4 is 28.4 Å². The number of aromatic nitrogens is 2. The van der Waals surface area contributed by atoms with Gasteiger partial charge < -0.3 is 31.2 Å². The Kier molecular flexibility index (Phi) is 5.82. The minimum atomic E-state index is -0.394. The summed E-state index contributed by atoms with van der Waals surface area (Å²) in [6, 6.07) is 8.44. The van der Waals surface area contributed by atoms with Gasteiger partial charge in [-0.15, -0.1) is 0 Å². The van der Waals surface area contributed by atoms with Gasteiger partial charge in [0.05, 0.1) is 16.6 Å². The zero-order valence-corrected chi connectivity index (χ0v) is 18.2. The lowest BCUT2D eigenvalue weighted by molar-refractivity contribution is 0.174. The molecule has 9 nitrogen and oxygen atoms in total. The number of nitrogens with two attached hydrogens (primary N) is 2. The molecule has 5 N–H and O–H groups in total. The Labute approximate surface area is 190 Å². The van der Waals surface area contributed by atoms with E-state index in [1.165, 1.54) is 25.0 Å². The van der Waals surface area contributed by atoms with E-state index in [0.717, 1.165) is 25.2 Å². The van der Waals surface area contributed by atoms with E-state index in [1.807, 2.05) is 18.2 Å². The number of ether oxygens (including phenoxy) is 2. The van der Waals surface area contributed by atoms with Gasteiger partial charge in [0.25, 0.3) is 0 Å². The lowest BCUT2D eigenvalue weighted by Crippen LogP contribution is -2.26. The van der Waals surface area contributed by atoms with Crippen LogP contribution in [0.1, 0.15) is 24.2 Å². The number of likely N-dealkylation sites (tertiary alicyclic amines) is 1. The zero-order chi connectivity index (χ0) is 22.8. The second-order valence-electron chi connectivity index (χ2n) is 8.19. The van der Waals surface area contributed by atoms with Crippen LogP contribution in [0.3, 0.4) is 0 Å². The Hall–Kier alpha value is -3.66. The average molecular weight is 452 g/mol. The number of aliphatic imine (C=N–C) groups is 1. The molecule has 2 aromatic carbocycles. The van der Waals surface area contributed by atoms with Crippen LogP contribution in [0.25, 0.3) is 10.9 Å². The molecule has 10 heteroatoms. The molecule has 3 aromatic rings. The standard InChI is InChI=1S/C23H26FN7O2/c24-15-11-16(27-5-8-31-6-1-2-7-31)21-17(12-15)28-20(29-22(21)30-23(25)26)10-14-3-4-18-19(9-14)33-13-32-18/h3-4,9,11-12,27H,1-2,5-8,10,13H2,(H4,25,26,28,29,30). The van der Waals surface area contributed by atoms with Crippen LogP contribution in [0.15, 0.2) is 35.3 Å². The fraction of sp³-hybridized carbons (Fsp3) is 0.348. The molecule has 5 rings (SSSR count). The Morgan fingerprint density at radius 3 is 2.73 bits per heavy atom. The van der Waals surface area contributed by atoms with E-state index in [2.05, 4.69) is 25.2 Å². The van der Waals surface area contributed by atoms with E-state index in [1.54, 1.807) is 0 Å². The quantitative estimate of drug-likeness (QED) is 0.370. The summed E-state index contributed by atoms with van der Waals surface area (Å²) in [4.78, 5) is 15.8. The average Bonchev–Trinajstić information content (AvgIpc) is 3.44. The SMILES string of the molecule is NC(N)=Nc1nc(Cc2ccc3c(c2)OCO3)nc2cc(F)cc(NCCN3CCCC3)c12. The van der Waals surface area contributed by atoms with Crippen LogP contribution in [0, 0.1) is 5.82 Å². The molecular weight excluding hydrogens is 425 g/mol. The van der Waals surface area contributed by atoms with E-state index >= 15 is 0 Å². The highest BCUT2D eigenvalue weighted by molar-refractivity contribution is 6.00. The summed E-state index contributed by atoms with van der Waals surface area (Å²) in [5.74, 6) is 1.62. The van der Waals surface area contributed by atoms with Gasteiger partial charge in [-0.25, -0.2) is 14.4 Å². The van der Waals surface area contributed by atoms with Gasteiger partial charge >= 0.3 is 0 Å². The van der Waals surface area contributed by atoms with Crippen molar-refractivity contribution in [2.24, 2.45) is 16.5 Å². The zero-order valence-electron chi connectivity index (χ0n) is 18.2. The highest BCUT2D eigenvalue weighted by Crippen LogP contribution is 2.34. The molecule has 0 atom stereocenters. The third-order valence-electron chi connectivity index (χ3n) is 5.77.